The molecule has 1 aliphatic rings. The highest BCUT2D eigenvalue weighted by molar-refractivity contribution is 9.10. The molecule has 6 heteroatoms. The summed E-state index contributed by atoms with van der Waals surface area (Å²) in [7, 11) is 3.27. The topological polar surface area (TPSA) is 50.8 Å². The first kappa shape index (κ1) is 19.7. The minimum absolute atomic E-state index is 0.118. The number of rotatable bonds is 7. The Morgan fingerprint density at radius 3 is 2.52 bits per heavy atom. The predicted octanol–water partition coefficient (Wildman–Crippen LogP) is 4.03. The summed E-state index contributed by atoms with van der Waals surface area (Å²) in [5, 5.41) is 3.10. The van der Waals surface area contributed by atoms with Gasteiger partial charge in [-0.2, -0.15) is 0 Å². The van der Waals surface area contributed by atoms with Crippen molar-refractivity contribution in [3.05, 3.63) is 58.1 Å². The minimum Gasteiger partial charge on any atom is -0.497 e. The molecular weight excluding hydrogens is 408 g/mol. The molecule has 1 fully saturated rings. The molecule has 2 aromatic rings. The van der Waals surface area contributed by atoms with Crippen molar-refractivity contribution >= 4 is 21.8 Å². The van der Waals surface area contributed by atoms with Crippen LogP contribution >= 0.6 is 15.9 Å². The van der Waals surface area contributed by atoms with Gasteiger partial charge in [0.05, 0.1) is 25.8 Å². The van der Waals surface area contributed by atoms with Gasteiger partial charge >= 0.3 is 0 Å². The maximum Gasteiger partial charge on any atom is 0.252 e. The number of nitrogens with one attached hydrogen (secondary N) is 1. The monoisotopic (exact) mass is 432 g/mol. The van der Waals surface area contributed by atoms with Crippen LogP contribution in [0, 0.1) is 0 Å². The number of likely N-dealkylation sites (tertiary alicyclic amines) is 1. The Bertz CT molecular complexity index is 791. The number of ether oxygens (including phenoxy) is 2. The van der Waals surface area contributed by atoms with E-state index in [1.165, 1.54) is 12.8 Å². The summed E-state index contributed by atoms with van der Waals surface area (Å²) < 4.78 is 11.4. The van der Waals surface area contributed by atoms with Crippen molar-refractivity contribution in [2.45, 2.75) is 18.9 Å². The Labute approximate surface area is 168 Å². The minimum atomic E-state index is -0.118. The first-order valence-corrected chi connectivity index (χ1v) is 9.91. The van der Waals surface area contributed by atoms with Gasteiger partial charge in [-0.15, -0.1) is 0 Å². The molecule has 1 atom stereocenters. The number of carbonyl (C=O) groups excluding carboxylic acids is 1. The second-order valence-electron chi connectivity index (χ2n) is 6.59. The Balaban J connectivity index is 1.77. The van der Waals surface area contributed by atoms with Crippen molar-refractivity contribution in [1.29, 1.82) is 0 Å². The van der Waals surface area contributed by atoms with E-state index in [4.69, 9.17) is 9.47 Å². The van der Waals surface area contributed by atoms with Crippen molar-refractivity contribution in [1.82, 2.24) is 10.2 Å². The van der Waals surface area contributed by atoms with Crippen molar-refractivity contribution in [3.8, 4) is 11.5 Å². The van der Waals surface area contributed by atoms with E-state index in [2.05, 4.69) is 38.3 Å². The molecule has 144 valence electrons. The molecule has 0 radical (unpaired) electrons. The zero-order valence-corrected chi connectivity index (χ0v) is 17.3. The molecule has 1 N–H and O–H groups in total. The quantitative estimate of drug-likeness (QED) is 0.717. The van der Waals surface area contributed by atoms with Crippen LogP contribution in [-0.2, 0) is 0 Å². The summed E-state index contributed by atoms with van der Waals surface area (Å²) in [5.41, 5.74) is 1.72. The van der Waals surface area contributed by atoms with Gasteiger partial charge < -0.3 is 14.8 Å². The fraction of sp³-hybridized carbons (Fsp3) is 0.381. The molecule has 0 aromatic heterocycles. The third-order valence-corrected chi connectivity index (χ3v) is 5.63. The summed E-state index contributed by atoms with van der Waals surface area (Å²) in [5.74, 6) is 1.37. The van der Waals surface area contributed by atoms with E-state index in [0.29, 0.717) is 17.9 Å². The molecule has 1 amide bonds. The summed E-state index contributed by atoms with van der Waals surface area (Å²) in [6, 6.07) is 13.6. The summed E-state index contributed by atoms with van der Waals surface area (Å²) in [4.78, 5) is 15.2. The van der Waals surface area contributed by atoms with Crippen LogP contribution in [0.5, 0.6) is 11.5 Å². The zero-order chi connectivity index (χ0) is 19.2. The Morgan fingerprint density at radius 2 is 1.81 bits per heavy atom. The average molecular weight is 433 g/mol. The molecule has 27 heavy (non-hydrogen) atoms. The fourth-order valence-electron chi connectivity index (χ4n) is 3.45. The van der Waals surface area contributed by atoms with Crippen molar-refractivity contribution in [3.63, 3.8) is 0 Å². The average Bonchev–Trinajstić information content (AvgIpc) is 3.23. The molecule has 5 nitrogen and oxygen atoms in total. The van der Waals surface area contributed by atoms with E-state index in [1.54, 1.807) is 20.3 Å². The van der Waals surface area contributed by atoms with Crippen LogP contribution in [0.1, 0.15) is 34.8 Å². The van der Waals surface area contributed by atoms with E-state index in [0.717, 1.165) is 28.9 Å². The van der Waals surface area contributed by atoms with E-state index in [1.807, 2.05) is 24.3 Å². The molecule has 0 spiro atoms. The van der Waals surface area contributed by atoms with E-state index < -0.39 is 0 Å². The van der Waals surface area contributed by atoms with E-state index >= 15 is 0 Å². The van der Waals surface area contributed by atoms with Crippen molar-refractivity contribution in [2.24, 2.45) is 0 Å². The standard InChI is InChI=1S/C21H25BrN2O3/c1-26-16-7-5-6-15(12-16)20(24-10-3-4-11-24)14-23-21(25)18-13-17(27-2)8-9-19(18)22/h5-9,12-13,20H,3-4,10-11,14H2,1-2H3,(H,23,25). The maximum atomic E-state index is 12.8. The molecule has 1 heterocycles. The molecule has 2 aromatic carbocycles. The second kappa shape index (κ2) is 9.24. The number of amides is 1. The second-order valence-corrected chi connectivity index (χ2v) is 7.45. The van der Waals surface area contributed by atoms with Crippen molar-refractivity contribution in [2.75, 3.05) is 33.9 Å². The fourth-order valence-corrected chi connectivity index (χ4v) is 3.88. The third kappa shape index (κ3) is 4.82. The highest BCUT2D eigenvalue weighted by Crippen LogP contribution is 2.28. The highest BCUT2D eigenvalue weighted by atomic mass is 79.9. The zero-order valence-electron chi connectivity index (χ0n) is 15.7. The third-order valence-electron chi connectivity index (χ3n) is 4.93. The van der Waals surface area contributed by atoms with Gasteiger partial charge in [0.25, 0.3) is 5.91 Å². The molecule has 1 aliphatic heterocycles. The van der Waals surface area contributed by atoms with Gasteiger partial charge in [-0.25, -0.2) is 0 Å². The van der Waals surface area contributed by atoms with Gasteiger partial charge in [-0.05, 0) is 77.8 Å². The van der Waals surface area contributed by atoms with Crippen LogP contribution in [0.15, 0.2) is 46.9 Å². The van der Waals surface area contributed by atoms with E-state index in [9.17, 15) is 4.79 Å². The summed E-state index contributed by atoms with van der Waals surface area (Å²) in [6.07, 6.45) is 2.38. The molecule has 3 rings (SSSR count). The lowest BCUT2D eigenvalue weighted by Gasteiger charge is -2.28. The Morgan fingerprint density at radius 1 is 1.11 bits per heavy atom. The van der Waals surface area contributed by atoms with Crippen LogP contribution in [0.4, 0.5) is 0 Å². The van der Waals surface area contributed by atoms with E-state index in [-0.39, 0.29) is 11.9 Å². The molecule has 1 unspecified atom stereocenters. The lowest BCUT2D eigenvalue weighted by molar-refractivity contribution is 0.0937. The molecule has 0 aliphatic carbocycles. The first-order valence-electron chi connectivity index (χ1n) is 9.12. The van der Waals surface area contributed by atoms with Crippen molar-refractivity contribution < 1.29 is 14.3 Å². The number of hydrogen-bond donors (Lipinski definition) is 1. The van der Waals surface area contributed by atoms with Crippen LogP contribution in [0.2, 0.25) is 0 Å². The lowest BCUT2D eigenvalue weighted by atomic mass is 10.0. The first-order chi connectivity index (χ1) is 13.1. The summed E-state index contributed by atoms with van der Waals surface area (Å²) in [6.45, 7) is 2.62. The smallest absolute Gasteiger partial charge is 0.252 e. The Kier molecular flexibility index (Phi) is 6.74. The number of nitrogens with zero attached hydrogens (tertiary/aromatic N) is 1. The van der Waals surface area contributed by atoms with Crippen LogP contribution in [0.3, 0.4) is 0 Å². The molecule has 1 saturated heterocycles. The highest BCUT2D eigenvalue weighted by Gasteiger charge is 2.25. The largest absolute Gasteiger partial charge is 0.497 e. The number of methoxy groups -OCH3 is 2. The lowest BCUT2D eigenvalue weighted by Crippen LogP contribution is -2.37. The summed E-state index contributed by atoms with van der Waals surface area (Å²) >= 11 is 3.45. The number of benzene rings is 2. The SMILES string of the molecule is COc1cccc(C(CNC(=O)c2cc(OC)ccc2Br)N2CCCC2)c1. The van der Waals surface area contributed by atoms with Crippen LogP contribution < -0.4 is 14.8 Å². The molecular formula is C21H25BrN2O3. The van der Waals surface area contributed by atoms with Gasteiger partial charge in [-0.1, -0.05) is 12.1 Å². The van der Waals surface area contributed by atoms with Gasteiger partial charge in [-0.3, -0.25) is 9.69 Å². The number of carbonyl (C=O) groups is 1. The maximum absolute atomic E-state index is 12.8. The molecule has 0 saturated carbocycles. The van der Waals surface area contributed by atoms with Gasteiger partial charge in [0.2, 0.25) is 0 Å². The number of hydrogen-bond acceptors (Lipinski definition) is 4. The predicted molar refractivity (Wildman–Crippen MR) is 110 cm³/mol. The number of halogens is 1. The van der Waals surface area contributed by atoms with Gasteiger partial charge in [0.15, 0.2) is 0 Å². The van der Waals surface area contributed by atoms with Crippen LogP contribution in [0.25, 0.3) is 0 Å². The Hall–Kier alpha value is -2.05. The van der Waals surface area contributed by atoms with Gasteiger partial charge in [0, 0.05) is 11.0 Å². The van der Waals surface area contributed by atoms with Crippen LogP contribution in [-0.4, -0.2) is 44.7 Å². The normalized spacial score (nSPS) is 15.4. The van der Waals surface area contributed by atoms with Gasteiger partial charge in [0.1, 0.15) is 11.5 Å². The molecule has 0 bridgehead atoms.